The van der Waals surface area contributed by atoms with Gasteiger partial charge in [0.05, 0.1) is 13.7 Å². The maximum absolute atomic E-state index is 5.46. The van der Waals surface area contributed by atoms with E-state index >= 15 is 0 Å². The van der Waals surface area contributed by atoms with Crippen LogP contribution >= 0.6 is 15.9 Å². The molecule has 0 saturated heterocycles. The fourth-order valence-corrected chi connectivity index (χ4v) is 2.60. The number of hydrogen-bond donors (Lipinski definition) is 1. The molecule has 20 heavy (non-hydrogen) atoms. The minimum Gasteiger partial charge on any atom is -0.496 e. The summed E-state index contributed by atoms with van der Waals surface area (Å²) in [5.41, 5.74) is 1.26. The van der Waals surface area contributed by atoms with Crippen LogP contribution in [-0.4, -0.2) is 33.9 Å². The van der Waals surface area contributed by atoms with Gasteiger partial charge in [0.15, 0.2) is 0 Å². The van der Waals surface area contributed by atoms with E-state index in [0.29, 0.717) is 11.8 Å². The van der Waals surface area contributed by atoms with Crippen LogP contribution in [0.15, 0.2) is 22.7 Å². The lowest BCUT2D eigenvalue weighted by Gasteiger charge is -2.22. The van der Waals surface area contributed by atoms with E-state index in [-0.39, 0.29) is 0 Å². The summed E-state index contributed by atoms with van der Waals surface area (Å²) in [6.45, 7) is 7.19. The van der Waals surface area contributed by atoms with Crippen molar-refractivity contribution in [3.8, 4) is 5.75 Å². The quantitative estimate of drug-likeness (QED) is 0.696. The van der Waals surface area contributed by atoms with Gasteiger partial charge in [0.25, 0.3) is 0 Å². The molecule has 1 unspecified atom stereocenters. The van der Waals surface area contributed by atoms with Gasteiger partial charge < -0.3 is 14.8 Å². The van der Waals surface area contributed by atoms with Crippen LogP contribution in [0.4, 0.5) is 0 Å². The van der Waals surface area contributed by atoms with E-state index in [1.165, 1.54) is 5.56 Å². The number of methoxy groups -OCH3 is 2. The van der Waals surface area contributed by atoms with Gasteiger partial charge in [-0.1, -0.05) is 29.8 Å². The molecular formula is C16H26BrNO2. The molecule has 0 aromatic heterocycles. The van der Waals surface area contributed by atoms with Crippen LogP contribution in [0.25, 0.3) is 0 Å². The van der Waals surface area contributed by atoms with Crippen LogP contribution in [0.5, 0.6) is 5.75 Å². The Morgan fingerprint density at radius 1 is 1.25 bits per heavy atom. The van der Waals surface area contributed by atoms with Gasteiger partial charge in [-0.15, -0.1) is 0 Å². The highest BCUT2D eigenvalue weighted by Crippen LogP contribution is 2.27. The highest BCUT2D eigenvalue weighted by molar-refractivity contribution is 9.10. The second-order valence-corrected chi connectivity index (χ2v) is 6.28. The van der Waals surface area contributed by atoms with E-state index < -0.39 is 0 Å². The van der Waals surface area contributed by atoms with E-state index in [4.69, 9.17) is 9.47 Å². The predicted octanol–water partition coefficient (Wildman–Crippen LogP) is 3.51. The largest absolute Gasteiger partial charge is 0.496 e. The number of halogens is 1. The molecule has 0 amide bonds. The summed E-state index contributed by atoms with van der Waals surface area (Å²) in [6, 6.07) is 6.20. The first-order chi connectivity index (χ1) is 9.58. The van der Waals surface area contributed by atoms with E-state index in [9.17, 15) is 0 Å². The summed E-state index contributed by atoms with van der Waals surface area (Å²) in [6.07, 6.45) is 1.01. The SMILES string of the molecule is COCCNCC(Cc1cc(Br)ccc1OC)C(C)C. The molecule has 1 aromatic rings. The molecule has 0 fully saturated rings. The second kappa shape index (κ2) is 9.37. The molecule has 0 saturated carbocycles. The van der Waals surface area contributed by atoms with Crippen molar-refractivity contribution in [1.82, 2.24) is 5.32 Å². The third-order valence-corrected chi connectivity index (χ3v) is 4.05. The lowest BCUT2D eigenvalue weighted by molar-refractivity contribution is 0.196. The van der Waals surface area contributed by atoms with Crippen molar-refractivity contribution in [1.29, 1.82) is 0 Å². The number of benzene rings is 1. The molecule has 0 radical (unpaired) electrons. The molecule has 0 bridgehead atoms. The standard InChI is InChI=1S/C16H26BrNO2/c1-12(2)14(11-18-7-8-19-3)9-13-10-15(17)5-6-16(13)20-4/h5-6,10,12,14,18H,7-9,11H2,1-4H3. The molecule has 0 aliphatic heterocycles. The maximum atomic E-state index is 5.46. The lowest BCUT2D eigenvalue weighted by Crippen LogP contribution is -2.30. The number of nitrogens with one attached hydrogen (secondary N) is 1. The Kier molecular flexibility index (Phi) is 8.19. The third-order valence-electron chi connectivity index (χ3n) is 3.56. The van der Waals surface area contributed by atoms with Crippen LogP contribution in [0.2, 0.25) is 0 Å². The second-order valence-electron chi connectivity index (χ2n) is 5.36. The highest BCUT2D eigenvalue weighted by Gasteiger charge is 2.16. The topological polar surface area (TPSA) is 30.5 Å². The first-order valence-corrected chi connectivity index (χ1v) is 7.89. The Morgan fingerprint density at radius 3 is 2.60 bits per heavy atom. The van der Waals surface area contributed by atoms with Crippen molar-refractivity contribution in [3.63, 3.8) is 0 Å². The molecule has 1 aromatic carbocycles. The summed E-state index contributed by atoms with van der Waals surface area (Å²) in [4.78, 5) is 0. The van der Waals surface area contributed by atoms with Crippen molar-refractivity contribution < 1.29 is 9.47 Å². The maximum Gasteiger partial charge on any atom is 0.122 e. The minimum atomic E-state index is 0.579. The van der Waals surface area contributed by atoms with Gasteiger partial charge in [-0.2, -0.15) is 0 Å². The molecule has 1 atom stereocenters. The zero-order chi connectivity index (χ0) is 15.0. The van der Waals surface area contributed by atoms with Gasteiger partial charge >= 0.3 is 0 Å². The summed E-state index contributed by atoms with van der Waals surface area (Å²) in [7, 11) is 3.46. The average Bonchev–Trinajstić information content (AvgIpc) is 2.42. The van der Waals surface area contributed by atoms with E-state index in [1.54, 1.807) is 14.2 Å². The van der Waals surface area contributed by atoms with E-state index in [2.05, 4.69) is 41.2 Å². The monoisotopic (exact) mass is 343 g/mol. The minimum absolute atomic E-state index is 0.579. The van der Waals surface area contributed by atoms with E-state index in [0.717, 1.165) is 36.3 Å². The van der Waals surface area contributed by atoms with Crippen molar-refractivity contribution in [2.45, 2.75) is 20.3 Å². The number of hydrogen-bond acceptors (Lipinski definition) is 3. The fourth-order valence-electron chi connectivity index (χ4n) is 2.19. The van der Waals surface area contributed by atoms with E-state index in [1.807, 2.05) is 12.1 Å². The Balaban J connectivity index is 2.67. The molecule has 4 heteroatoms. The van der Waals surface area contributed by atoms with Gasteiger partial charge in [0, 0.05) is 18.1 Å². The summed E-state index contributed by atoms with van der Waals surface area (Å²) in [5.74, 6) is 2.17. The van der Waals surface area contributed by atoms with Gasteiger partial charge in [-0.05, 0) is 48.6 Å². The smallest absolute Gasteiger partial charge is 0.122 e. The Morgan fingerprint density at radius 2 is 2.00 bits per heavy atom. The van der Waals surface area contributed by atoms with Crippen LogP contribution in [0, 0.1) is 11.8 Å². The first kappa shape index (κ1) is 17.5. The zero-order valence-corrected chi connectivity index (χ0v) is 14.5. The van der Waals surface area contributed by atoms with Crippen LogP contribution < -0.4 is 10.1 Å². The average molecular weight is 344 g/mol. The Hall–Kier alpha value is -0.580. The number of ether oxygens (including phenoxy) is 2. The summed E-state index contributed by atoms with van der Waals surface area (Å²) < 4.78 is 11.6. The molecular weight excluding hydrogens is 318 g/mol. The van der Waals surface area contributed by atoms with Gasteiger partial charge in [0.2, 0.25) is 0 Å². The van der Waals surface area contributed by atoms with Crippen LogP contribution in [-0.2, 0) is 11.2 Å². The molecule has 0 heterocycles. The molecule has 0 spiro atoms. The molecule has 0 aliphatic rings. The third kappa shape index (κ3) is 5.81. The number of rotatable bonds is 9. The molecule has 1 rings (SSSR count). The van der Waals surface area contributed by atoms with Crippen molar-refractivity contribution >= 4 is 15.9 Å². The lowest BCUT2D eigenvalue weighted by atomic mass is 9.89. The van der Waals surface area contributed by atoms with Gasteiger partial charge in [-0.3, -0.25) is 0 Å². The molecule has 3 nitrogen and oxygen atoms in total. The zero-order valence-electron chi connectivity index (χ0n) is 12.9. The molecule has 1 N–H and O–H groups in total. The molecule has 114 valence electrons. The van der Waals surface area contributed by atoms with Crippen molar-refractivity contribution in [2.24, 2.45) is 11.8 Å². The normalized spacial score (nSPS) is 12.7. The molecule has 0 aliphatic carbocycles. The van der Waals surface area contributed by atoms with Gasteiger partial charge in [-0.25, -0.2) is 0 Å². The summed E-state index contributed by atoms with van der Waals surface area (Å²) in [5, 5.41) is 3.46. The van der Waals surface area contributed by atoms with Crippen LogP contribution in [0.3, 0.4) is 0 Å². The van der Waals surface area contributed by atoms with Crippen LogP contribution in [0.1, 0.15) is 19.4 Å². The predicted molar refractivity (Wildman–Crippen MR) is 87.5 cm³/mol. The Bertz CT molecular complexity index is 396. The highest BCUT2D eigenvalue weighted by atomic mass is 79.9. The first-order valence-electron chi connectivity index (χ1n) is 7.10. The van der Waals surface area contributed by atoms with Gasteiger partial charge in [0.1, 0.15) is 5.75 Å². The van der Waals surface area contributed by atoms with Crippen molar-refractivity contribution in [3.05, 3.63) is 28.2 Å². The summed E-state index contributed by atoms with van der Waals surface area (Å²) >= 11 is 3.54. The van der Waals surface area contributed by atoms with Crippen molar-refractivity contribution in [2.75, 3.05) is 33.9 Å². The Labute approximate surface area is 131 Å². The fraction of sp³-hybridized carbons (Fsp3) is 0.625.